The van der Waals surface area contributed by atoms with E-state index in [1.165, 1.54) is 30.5 Å². The number of amidine groups is 1. The highest BCUT2D eigenvalue weighted by Crippen LogP contribution is 2.37. The first kappa shape index (κ1) is 23.4. The van der Waals surface area contributed by atoms with Crippen LogP contribution in [0.15, 0.2) is 51.8 Å². The molecule has 0 saturated carbocycles. The minimum absolute atomic E-state index is 0.105. The smallest absolute Gasteiger partial charge is 0.334 e. The largest absolute Gasteiger partial charge is 0.416 e. The Kier molecular flexibility index (Phi) is 6.80. The number of sulfonamides is 1. The lowest BCUT2D eigenvalue weighted by Crippen LogP contribution is -2.14. The number of halogens is 7. The molecule has 4 nitrogen and oxygen atoms in total. The van der Waals surface area contributed by atoms with Crippen LogP contribution in [0.25, 0.3) is 0 Å². The van der Waals surface area contributed by atoms with Gasteiger partial charge in [-0.15, -0.1) is 4.40 Å². The first-order valence-corrected chi connectivity index (χ1v) is 10.5. The van der Waals surface area contributed by atoms with E-state index in [0.717, 1.165) is 11.8 Å². The Hall–Kier alpha value is -1.92. The fourth-order valence-electron chi connectivity index (χ4n) is 2.00. The number of thioether (sulfide) groups is 1. The van der Waals surface area contributed by atoms with Gasteiger partial charge in [0, 0.05) is 10.7 Å². The molecule has 0 spiro atoms. The van der Waals surface area contributed by atoms with Gasteiger partial charge in [0.25, 0.3) is 10.0 Å². The third kappa shape index (κ3) is 6.28. The van der Waals surface area contributed by atoms with Gasteiger partial charge in [-0.2, -0.15) is 34.8 Å². The third-order valence-corrected chi connectivity index (χ3v) is 5.55. The topological polar surface area (TPSA) is 58.5 Å². The van der Waals surface area contributed by atoms with Gasteiger partial charge in [-0.3, -0.25) is 0 Å². The van der Waals surface area contributed by atoms with Crippen molar-refractivity contribution in [1.82, 2.24) is 0 Å². The number of alkyl halides is 6. The highest BCUT2D eigenvalue weighted by atomic mass is 35.5. The molecule has 0 aliphatic carbocycles. The summed E-state index contributed by atoms with van der Waals surface area (Å²) in [6.07, 6.45) is -8.94. The molecule has 0 radical (unpaired) electrons. The van der Waals surface area contributed by atoms with Crippen LogP contribution < -0.4 is 5.32 Å². The highest BCUT2D eigenvalue weighted by Gasteiger charge is 2.38. The molecule has 2 rings (SSSR count). The normalized spacial score (nSPS) is 13.4. The molecular weight excluding hydrogens is 466 g/mol. The Morgan fingerprint density at radius 2 is 1.45 bits per heavy atom. The Bertz CT molecular complexity index is 987. The van der Waals surface area contributed by atoms with E-state index in [9.17, 15) is 34.8 Å². The van der Waals surface area contributed by atoms with Crippen molar-refractivity contribution in [3.63, 3.8) is 0 Å². The standard InChI is InChI=1S/C16H11ClF6N2O2S2/c1-28-14(24-12-4-2-11(17)3-5-12)25-29(26,27)13-7-9(15(18,19)20)6-10(8-13)16(21,22)23/h2-8H,1H3,(H,24,25). The molecule has 0 fully saturated rings. The van der Waals surface area contributed by atoms with Crippen LogP contribution in [0.2, 0.25) is 5.02 Å². The van der Waals surface area contributed by atoms with Crippen LogP contribution in [0, 0.1) is 0 Å². The van der Waals surface area contributed by atoms with Gasteiger partial charge < -0.3 is 5.32 Å². The molecule has 0 aliphatic heterocycles. The van der Waals surface area contributed by atoms with E-state index < -0.39 is 38.4 Å². The van der Waals surface area contributed by atoms with Gasteiger partial charge in [-0.1, -0.05) is 23.4 Å². The second kappa shape index (κ2) is 8.44. The summed E-state index contributed by atoms with van der Waals surface area (Å²) in [5, 5.41) is 2.73. The number of hydrogen-bond acceptors (Lipinski definition) is 3. The minimum atomic E-state index is -5.18. The predicted octanol–water partition coefficient (Wildman–Crippen LogP) is 5.90. The van der Waals surface area contributed by atoms with Crippen LogP contribution in [0.1, 0.15) is 11.1 Å². The van der Waals surface area contributed by atoms with E-state index in [-0.39, 0.29) is 23.4 Å². The monoisotopic (exact) mass is 476 g/mol. The van der Waals surface area contributed by atoms with Gasteiger partial charge >= 0.3 is 12.4 Å². The molecule has 0 aromatic heterocycles. The van der Waals surface area contributed by atoms with Crippen molar-refractivity contribution in [2.24, 2.45) is 4.40 Å². The maximum absolute atomic E-state index is 12.9. The SMILES string of the molecule is CS/C(=N\S(=O)(=O)c1cc(C(F)(F)F)cc(C(F)(F)F)c1)Nc1ccc(Cl)cc1. The first-order chi connectivity index (χ1) is 13.2. The van der Waals surface area contributed by atoms with Gasteiger partial charge in [0.1, 0.15) is 0 Å². The number of hydrogen-bond donors (Lipinski definition) is 1. The van der Waals surface area contributed by atoms with Crippen LogP contribution in [-0.4, -0.2) is 19.8 Å². The molecule has 158 valence electrons. The average molecular weight is 477 g/mol. The van der Waals surface area contributed by atoms with Crippen LogP contribution in [0.5, 0.6) is 0 Å². The van der Waals surface area contributed by atoms with Crippen molar-refractivity contribution in [3.8, 4) is 0 Å². The van der Waals surface area contributed by atoms with Crippen molar-refractivity contribution >= 4 is 44.2 Å². The van der Waals surface area contributed by atoms with E-state index in [1.54, 1.807) is 0 Å². The van der Waals surface area contributed by atoms with E-state index in [0.29, 0.717) is 10.7 Å². The molecule has 13 heteroatoms. The molecule has 0 unspecified atom stereocenters. The summed E-state index contributed by atoms with van der Waals surface area (Å²) in [4.78, 5) is -1.23. The van der Waals surface area contributed by atoms with Gasteiger partial charge in [-0.05, 0) is 48.7 Å². The fraction of sp³-hybridized carbons (Fsp3) is 0.188. The molecule has 0 aliphatic rings. The maximum Gasteiger partial charge on any atom is 0.416 e. The second-order valence-electron chi connectivity index (χ2n) is 5.45. The summed E-state index contributed by atoms with van der Waals surface area (Å²) in [7, 11) is -4.89. The van der Waals surface area contributed by atoms with Crippen molar-refractivity contribution < 1.29 is 34.8 Å². The number of anilines is 1. The Balaban J connectivity index is 2.52. The molecule has 0 bridgehead atoms. The summed E-state index contributed by atoms with van der Waals surface area (Å²) in [6.45, 7) is 0. The lowest BCUT2D eigenvalue weighted by Gasteiger charge is -2.14. The predicted molar refractivity (Wildman–Crippen MR) is 99.7 cm³/mol. The molecule has 0 saturated heterocycles. The summed E-state index contributed by atoms with van der Waals surface area (Å²) in [5.41, 5.74) is -3.15. The van der Waals surface area contributed by atoms with Crippen LogP contribution in [-0.2, 0) is 22.4 Å². The number of rotatable bonds is 3. The van der Waals surface area contributed by atoms with Crippen LogP contribution >= 0.6 is 23.4 Å². The fourth-order valence-corrected chi connectivity index (χ4v) is 3.86. The molecule has 1 N–H and O–H groups in total. The van der Waals surface area contributed by atoms with E-state index in [4.69, 9.17) is 11.6 Å². The number of nitrogens with zero attached hydrogens (tertiary/aromatic N) is 1. The number of nitrogens with one attached hydrogen (secondary N) is 1. The summed E-state index contributed by atoms with van der Waals surface area (Å²) in [5.74, 6) is 0. The van der Waals surface area contributed by atoms with Crippen molar-refractivity contribution in [1.29, 1.82) is 0 Å². The molecule has 29 heavy (non-hydrogen) atoms. The van der Waals surface area contributed by atoms with Crippen molar-refractivity contribution in [3.05, 3.63) is 58.6 Å². The maximum atomic E-state index is 12.9. The first-order valence-electron chi connectivity index (χ1n) is 7.43. The zero-order valence-electron chi connectivity index (χ0n) is 14.3. The molecular formula is C16H11ClF6N2O2S2. The highest BCUT2D eigenvalue weighted by molar-refractivity contribution is 8.14. The Morgan fingerprint density at radius 1 is 0.966 bits per heavy atom. The molecule has 2 aromatic carbocycles. The zero-order chi connectivity index (χ0) is 22.0. The lowest BCUT2D eigenvalue weighted by molar-refractivity contribution is -0.143. The minimum Gasteiger partial charge on any atom is -0.334 e. The van der Waals surface area contributed by atoms with Crippen molar-refractivity contribution in [2.75, 3.05) is 11.6 Å². The zero-order valence-corrected chi connectivity index (χ0v) is 16.7. The van der Waals surface area contributed by atoms with Gasteiger partial charge in [0.05, 0.1) is 16.0 Å². The number of benzene rings is 2. The molecule has 0 atom stereocenters. The summed E-state index contributed by atoms with van der Waals surface area (Å²) in [6, 6.07) is 5.98. The molecule has 0 amide bonds. The van der Waals surface area contributed by atoms with Gasteiger partial charge in [-0.25, -0.2) is 0 Å². The Labute approximate surface area is 171 Å². The summed E-state index contributed by atoms with van der Waals surface area (Å²) < 4.78 is 106. The second-order valence-corrected chi connectivity index (χ2v) is 8.28. The van der Waals surface area contributed by atoms with Crippen molar-refractivity contribution in [2.45, 2.75) is 17.2 Å². The Morgan fingerprint density at radius 3 is 1.86 bits per heavy atom. The van der Waals surface area contributed by atoms with E-state index in [1.807, 2.05) is 0 Å². The van der Waals surface area contributed by atoms with E-state index >= 15 is 0 Å². The van der Waals surface area contributed by atoms with Crippen LogP contribution in [0.3, 0.4) is 0 Å². The van der Waals surface area contributed by atoms with Crippen LogP contribution in [0.4, 0.5) is 32.0 Å². The van der Waals surface area contributed by atoms with E-state index in [2.05, 4.69) is 9.71 Å². The average Bonchev–Trinajstić information content (AvgIpc) is 2.61. The molecule has 2 aromatic rings. The quantitative estimate of drug-likeness (QED) is 0.340. The molecule has 0 heterocycles. The van der Waals surface area contributed by atoms with Gasteiger partial charge in [0.2, 0.25) is 0 Å². The third-order valence-electron chi connectivity index (χ3n) is 3.35. The lowest BCUT2D eigenvalue weighted by atomic mass is 10.1. The van der Waals surface area contributed by atoms with Gasteiger partial charge in [0.15, 0.2) is 5.17 Å². The summed E-state index contributed by atoms with van der Waals surface area (Å²) >= 11 is 6.52.